The molecule has 0 spiro atoms. The van der Waals surface area contributed by atoms with Crippen LogP contribution in [-0.2, 0) is 11.3 Å². The van der Waals surface area contributed by atoms with Gasteiger partial charge in [0.05, 0.1) is 17.9 Å². The lowest BCUT2D eigenvalue weighted by molar-refractivity contribution is 0.0937. The van der Waals surface area contributed by atoms with Crippen molar-refractivity contribution < 1.29 is 9.53 Å². The van der Waals surface area contributed by atoms with Crippen LogP contribution >= 0.6 is 0 Å². The Morgan fingerprint density at radius 3 is 2.81 bits per heavy atom. The van der Waals surface area contributed by atoms with Crippen LogP contribution in [-0.4, -0.2) is 31.2 Å². The SMILES string of the molecule is COCCNC(=O)c1cncc(NCc2ccccc2)c1. The van der Waals surface area contributed by atoms with Gasteiger partial charge in [0.15, 0.2) is 0 Å². The van der Waals surface area contributed by atoms with E-state index in [0.717, 1.165) is 5.69 Å². The van der Waals surface area contributed by atoms with Crippen molar-refractivity contribution in [2.45, 2.75) is 6.54 Å². The topological polar surface area (TPSA) is 63.2 Å². The molecule has 0 radical (unpaired) electrons. The number of hydrogen-bond acceptors (Lipinski definition) is 4. The van der Waals surface area contributed by atoms with Crippen LogP contribution in [0.3, 0.4) is 0 Å². The summed E-state index contributed by atoms with van der Waals surface area (Å²) in [5, 5.41) is 6.03. The molecule has 0 aliphatic rings. The van der Waals surface area contributed by atoms with E-state index in [4.69, 9.17) is 4.74 Å². The molecule has 2 N–H and O–H groups in total. The lowest BCUT2D eigenvalue weighted by Gasteiger charge is -2.08. The summed E-state index contributed by atoms with van der Waals surface area (Å²) in [4.78, 5) is 16.0. The molecular weight excluding hydrogens is 266 g/mol. The zero-order valence-corrected chi connectivity index (χ0v) is 12.0. The van der Waals surface area contributed by atoms with E-state index in [1.807, 2.05) is 30.3 Å². The average molecular weight is 285 g/mol. The molecule has 110 valence electrons. The summed E-state index contributed by atoms with van der Waals surface area (Å²) in [6.07, 6.45) is 3.25. The number of nitrogens with one attached hydrogen (secondary N) is 2. The quantitative estimate of drug-likeness (QED) is 0.764. The average Bonchev–Trinajstić information content (AvgIpc) is 2.54. The second-order valence-corrected chi connectivity index (χ2v) is 4.55. The summed E-state index contributed by atoms with van der Waals surface area (Å²) >= 11 is 0. The fourth-order valence-electron chi connectivity index (χ4n) is 1.83. The molecule has 5 nitrogen and oxygen atoms in total. The van der Waals surface area contributed by atoms with Gasteiger partial charge < -0.3 is 15.4 Å². The molecule has 0 saturated heterocycles. The second kappa shape index (κ2) is 8.01. The van der Waals surface area contributed by atoms with E-state index in [0.29, 0.717) is 25.3 Å². The predicted octanol–water partition coefficient (Wildman–Crippen LogP) is 2.07. The number of carbonyl (C=O) groups excluding carboxylic acids is 1. The van der Waals surface area contributed by atoms with Crippen LogP contribution in [0, 0.1) is 0 Å². The Morgan fingerprint density at radius 1 is 1.24 bits per heavy atom. The van der Waals surface area contributed by atoms with E-state index in [1.165, 1.54) is 5.56 Å². The highest BCUT2D eigenvalue weighted by atomic mass is 16.5. The summed E-state index contributed by atoms with van der Waals surface area (Å²) in [7, 11) is 1.60. The lowest BCUT2D eigenvalue weighted by atomic mass is 10.2. The summed E-state index contributed by atoms with van der Waals surface area (Å²) in [6, 6.07) is 11.8. The monoisotopic (exact) mass is 285 g/mol. The predicted molar refractivity (Wildman–Crippen MR) is 82.2 cm³/mol. The third-order valence-corrected chi connectivity index (χ3v) is 2.93. The van der Waals surface area contributed by atoms with Crippen molar-refractivity contribution >= 4 is 11.6 Å². The molecular formula is C16H19N3O2. The number of anilines is 1. The zero-order valence-electron chi connectivity index (χ0n) is 12.0. The van der Waals surface area contributed by atoms with E-state index in [-0.39, 0.29) is 5.91 Å². The third kappa shape index (κ3) is 4.89. The lowest BCUT2D eigenvalue weighted by Crippen LogP contribution is -2.27. The van der Waals surface area contributed by atoms with E-state index in [9.17, 15) is 4.79 Å². The molecule has 1 heterocycles. The highest BCUT2D eigenvalue weighted by Crippen LogP contribution is 2.10. The fraction of sp³-hybridized carbons (Fsp3) is 0.250. The number of benzene rings is 1. The molecule has 0 unspecified atom stereocenters. The normalized spacial score (nSPS) is 10.1. The first-order chi connectivity index (χ1) is 10.3. The highest BCUT2D eigenvalue weighted by Gasteiger charge is 2.06. The van der Waals surface area contributed by atoms with Gasteiger partial charge in [-0.3, -0.25) is 9.78 Å². The van der Waals surface area contributed by atoms with Crippen LogP contribution in [0.15, 0.2) is 48.8 Å². The van der Waals surface area contributed by atoms with Gasteiger partial charge in [0.1, 0.15) is 0 Å². The number of rotatable bonds is 7. The molecule has 0 atom stereocenters. The van der Waals surface area contributed by atoms with Crippen molar-refractivity contribution in [2.75, 3.05) is 25.6 Å². The minimum absolute atomic E-state index is 0.150. The number of ether oxygens (including phenoxy) is 1. The first-order valence-electron chi connectivity index (χ1n) is 6.79. The van der Waals surface area contributed by atoms with Crippen LogP contribution in [0.1, 0.15) is 15.9 Å². The Kier molecular flexibility index (Phi) is 5.72. The van der Waals surface area contributed by atoms with Crippen molar-refractivity contribution in [1.82, 2.24) is 10.3 Å². The molecule has 1 aromatic carbocycles. The molecule has 1 aromatic heterocycles. The first kappa shape index (κ1) is 15.0. The highest BCUT2D eigenvalue weighted by molar-refractivity contribution is 5.94. The number of hydrogen-bond donors (Lipinski definition) is 2. The van der Waals surface area contributed by atoms with Crippen LogP contribution < -0.4 is 10.6 Å². The molecule has 5 heteroatoms. The van der Waals surface area contributed by atoms with Crippen molar-refractivity contribution in [3.05, 3.63) is 59.9 Å². The zero-order chi connectivity index (χ0) is 14.9. The number of aromatic nitrogens is 1. The largest absolute Gasteiger partial charge is 0.383 e. The van der Waals surface area contributed by atoms with Gasteiger partial charge in [0.2, 0.25) is 0 Å². The van der Waals surface area contributed by atoms with Crippen molar-refractivity contribution in [3.63, 3.8) is 0 Å². The van der Waals surface area contributed by atoms with Gasteiger partial charge in [0.25, 0.3) is 5.91 Å². The van der Waals surface area contributed by atoms with Gasteiger partial charge in [-0.05, 0) is 11.6 Å². The minimum atomic E-state index is -0.150. The number of pyridine rings is 1. The maximum Gasteiger partial charge on any atom is 0.253 e. The van der Waals surface area contributed by atoms with Gasteiger partial charge in [-0.25, -0.2) is 0 Å². The molecule has 21 heavy (non-hydrogen) atoms. The van der Waals surface area contributed by atoms with E-state index in [2.05, 4.69) is 15.6 Å². The number of methoxy groups -OCH3 is 1. The standard InChI is InChI=1S/C16H19N3O2/c1-21-8-7-18-16(20)14-9-15(12-17-11-14)19-10-13-5-3-2-4-6-13/h2-6,9,11-12,19H,7-8,10H2,1H3,(H,18,20). The summed E-state index contributed by atoms with van der Waals surface area (Å²) in [5.41, 5.74) is 2.52. The number of nitrogens with zero attached hydrogens (tertiary/aromatic N) is 1. The van der Waals surface area contributed by atoms with E-state index in [1.54, 1.807) is 25.6 Å². The van der Waals surface area contributed by atoms with Crippen LogP contribution in [0.4, 0.5) is 5.69 Å². The summed E-state index contributed by atoms with van der Waals surface area (Å²) in [5.74, 6) is -0.150. The second-order valence-electron chi connectivity index (χ2n) is 4.55. The van der Waals surface area contributed by atoms with Crippen molar-refractivity contribution in [3.8, 4) is 0 Å². The smallest absolute Gasteiger partial charge is 0.253 e. The van der Waals surface area contributed by atoms with Crippen LogP contribution in [0.5, 0.6) is 0 Å². The Balaban J connectivity index is 1.92. The Morgan fingerprint density at radius 2 is 2.05 bits per heavy atom. The summed E-state index contributed by atoms with van der Waals surface area (Å²) < 4.78 is 4.90. The number of carbonyl (C=O) groups is 1. The Bertz CT molecular complexity index is 573. The maximum atomic E-state index is 11.9. The maximum absolute atomic E-state index is 11.9. The molecule has 0 fully saturated rings. The van der Waals surface area contributed by atoms with Gasteiger partial charge in [0, 0.05) is 32.6 Å². The summed E-state index contributed by atoms with van der Waals surface area (Å²) in [6.45, 7) is 1.67. The molecule has 1 amide bonds. The first-order valence-corrected chi connectivity index (χ1v) is 6.79. The fourth-order valence-corrected chi connectivity index (χ4v) is 1.83. The molecule has 0 bridgehead atoms. The molecule has 0 aliphatic heterocycles. The molecule has 2 rings (SSSR count). The van der Waals surface area contributed by atoms with E-state index < -0.39 is 0 Å². The molecule has 2 aromatic rings. The van der Waals surface area contributed by atoms with Gasteiger partial charge in [-0.1, -0.05) is 30.3 Å². The van der Waals surface area contributed by atoms with Crippen LogP contribution in [0.2, 0.25) is 0 Å². The van der Waals surface area contributed by atoms with Crippen LogP contribution in [0.25, 0.3) is 0 Å². The molecule has 0 aliphatic carbocycles. The van der Waals surface area contributed by atoms with Crippen molar-refractivity contribution in [1.29, 1.82) is 0 Å². The Hall–Kier alpha value is -2.40. The van der Waals surface area contributed by atoms with Crippen molar-refractivity contribution in [2.24, 2.45) is 0 Å². The Labute approximate surface area is 124 Å². The van der Waals surface area contributed by atoms with E-state index >= 15 is 0 Å². The number of amides is 1. The third-order valence-electron chi connectivity index (χ3n) is 2.93. The van der Waals surface area contributed by atoms with Gasteiger partial charge in [-0.15, -0.1) is 0 Å². The molecule has 0 saturated carbocycles. The minimum Gasteiger partial charge on any atom is -0.383 e. The van der Waals surface area contributed by atoms with Gasteiger partial charge >= 0.3 is 0 Å². The van der Waals surface area contributed by atoms with Gasteiger partial charge in [-0.2, -0.15) is 0 Å².